The molecule has 2 aromatic rings. The van der Waals surface area contributed by atoms with Crippen molar-refractivity contribution in [1.82, 2.24) is 4.13 Å². The lowest BCUT2D eigenvalue weighted by molar-refractivity contribution is 0.343. The van der Waals surface area contributed by atoms with Crippen molar-refractivity contribution in [3.05, 3.63) is 23.8 Å². The highest BCUT2D eigenvalue weighted by molar-refractivity contribution is 6.96. The van der Waals surface area contributed by atoms with E-state index < -0.39 is 0 Å². The molecule has 0 radical (unpaired) electrons. The van der Waals surface area contributed by atoms with Gasteiger partial charge in [0.1, 0.15) is 0 Å². The molecule has 0 spiro atoms. The fourth-order valence-corrected chi connectivity index (χ4v) is 1.40. The van der Waals surface area contributed by atoms with Crippen LogP contribution >= 0.6 is 11.8 Å². The van der Waals surface area contributed by atoms with Crippen LogP contribution in [0.5, 0.6) is 0 Å². The fraction of sp³-hybridized carbons (Fsp3) is 0.125. The van der Waals surface area contributed by atoms with Crippen molar-refractivity contribution in [3.8, 4) is 6.07 Å². The van der Waals surface area contributed by atoms with E-state index in [1.165, 1.54) is 4.13 Å². The fourth-order valence-electron chi connectivity index (χ4n) is 0.964. The van der Waals surface area contributed by atoms with Crippen LogP contribution in [-0.4, -0.2) is 4.13 Å². The summed E-state index contributed by atoms with van der Waals surface area (Å²) in [6, 6.07) is 7.08. The molecule has 0 aliphatic heterocycles. The van der Waals surface area contributed by atoms with Gasteiger partial charge in [-0.2, -0.15) is 5.26 Å². The van der Waals surface area contributed by atoms with Crippen LogP contribution in [-0.2, 0) is 7.05 Å². The number of hydrogen-bond donors (Lipinski definition) is 0. The number of nitriles is 1. The van der Waals surface area contributed by atoms with E-state index in [-0.39, 0.29) is 0 Å². The molecule has 0 unspecified atom stereocenters. The normalized spacial score (nSPS) is 9.85. The van der Waals surface area contributed by atoms with E-state index in [4.69, 9.17) is 13.6 Å². The zero-order valence-corrected chi connectivity index (χ0v) is 7.67. The smallest absolute Gasteiger partial charge is 0.201 e. The molecule has 1 aromatic heterocycles. The van der Waals surface area contributed by atoms with Gasteiger partial charge in [-0.25, -0.2) is 0 Å². The minimum Gasteiger partial charge on any atom is -0.381 e. The van der Waals surface area contributed by atoms with Crippen molar-refractivity contribution in [1.29, 1.82) is 5.26 Å². The molecule has 0 atom stereocenters. The Hall–Kier alpha value is -1.67. The molecule has 0 saturated carbocycles. The van der Waals surface area contributed by atoms with Crippen LogP contribution in [0.15, 0.2) is 26.6 Å². The highest BCUT2D eigenvalue weighted by Gasteiger charge is 2.00. The Kier molecular flexibility index (Phi) is 1.83. The number of rotatable bonds is 0. The van der Waals surface area contributed by atoms with Crippen LogP contribution in [0.1, 0.15) is 5.56 Å². The molecule has 0 bridgehead atoms. The Morgan fingerprint density at radius 3 is 3.08 bits per heavy atom. The van der Waals surface area contributed by atoms with E-state index >= 15 is 0 Å². The van der Waals surface area contributed by atoms with Gasteiger partial charge in [0.25, 0.3) is 0 Å². The van der Waals surface area contributed by atoms with E-state index in [9.17, 15) is 0 Å². The third-order valence-corrected chi connectivity index (χ3v) is 2.07. The van der Waals surface area contributed by atoms with Gasteiger partial charge in [0.15, 0.2) is 17.4 Å². The van der Waals surface area contributed by atoms with E-state index in [1.54, 1.807) is 25.2 Å². The minimum atomic E-state index is 0.558. The Labute approximate surface area is 78.2 Å². The average molecular weight is 194 g/mol. The molecule has 0 aliphatic rings. The second-order valence-electron chi connectivity index (χ2n) is 2.46. The lowest BCUT2D eigenvalue weighted by Crippen LogP contribution is -1.84. The van der Waals surface area contributed by atoms with Gasteiger partial charge in [0, 0.05) is 6.07 Å². The number of hydrogen-bond acceptors (Lipinski definition) is 4. The summed E-state index contributed by atoms with van der Waals surface area (Å²) in [4.78, 5) is 0. The number of benzene rings is 1. The first kappa shape index (κ1) is 7.95. The quantitative estimate of drug-likeness (QED) is 0.647. The molecule has 0 fully saturated rings. The summed E-state index contributed by atoms with van der Waals surface area (Å²) in [5.41, 5.74) is 1.77. The first-order chi connectivity index (χ1) is 6.29. The highest BCUT2D eigenvalue weighted by atomic mass is 32.1. The summed E-state index contributed by atoms with van der Waals surface area (Å²) < 4.78 is 12.0. The topological polar surface area (TPSA) is 55.0 Å². The van der Waals surface area contributed by atoms with E-state index in [0.717, 1.165) is 11.8 Å². The lowest BCUT2D eigenvalue weighted by Gasteiger charge is -1.98. The molecule has 1 heterocycles. The predicted octanol–water partition coefficient (Wildman–Crippen LogP) is 2.42. The Balaban J connectivity index is 2.77. The van der Waals surface area contributed by atoms with Crippen molar-refractivity contribution in [3.63, 3.8) is 0 Å². The molecule has 0 aliphatic carbocycles. The van der Waals surface area contributed by atoms with Crippen molar-refractivity contribution in [2.45, 2.75) is 0 Å². The summed E-state index contributed by atoms with van der Waals surface area (Å²) >= 11 is 1.10. The number of aryl methyl sites for hydroxylation is 1. The van der Waals surface area contributed by atoms with Gasteiger partial charge in [-0.1, -0.05) is 0 Å². The standard InChI is InChI=1S/C8H6N2O2S/c1-10-11-8-4-6(5-9)2-3-7(8)12-13-10/h2-4H,1H3. The van der Waals surface area contributed by atoms with Crippen molar-refractivity contribution in [2.75, 3.05) is 0 Å². The van der Waals surface area contributed by atoms with Crippen LogP contribution in [0.2, 0.25) is 0 Å². The molecule has 66 valence electrons. The SMILES string of the molecule is Cn1oc2cc(C#N)ccc2os1. The maximum atomic E-state index is 8.64. The van der Waals surface area contributed by atoms with Gasteiger partial charge < -0.3 is 8.37 Å². The maximum absolute atomic E-state index is 8.64. The van der Waals surface area contributed by atoms with E-state index in [0.29, 0.717) is 16.7 Å². The van der Waals surface area contributed by atoms with Crippen LogP contribution < -0.4 is 0 Å². The maximum Gasteiger partial charge on any atom is 0.201 e. The Morgan fingerprint density at radius 1 is 1.46 bits per heavy atom. The molecular weight excluding hydrogens is 188 g/mol. The number of aromatic nitrogens is 1. The van der Waals surface area contributed by atoms with Crippen molar-refractivity contribution >= 4 is 23.0 Å². The first-order valence-corrected chi connectivity index (χ1v) is 4.30. The van der Waals surface area contributed by atoms with Gasteiger partial charge in [0.2, 0.25) is 5.58 Å². The molecule has 5 heteroatoms. The highest BCUT2D eigenvalue weighted by Crippen LogP contribution is 2.16. The first-order valence-electron chi connectivity index (χ1n) is 3.60. The molecule has 0 amide bonds. The van der Waals surface area contributed by atoms with E-state index in [1.807, 2.05) is 6.07 Å². The average Bonchev–Trinajstić information content (AvgIpc) is 2.16. The van der Waals surface area contributed by atoms with Gasteiger partial charge in [0.05, 0.1) is 18.7 Å². The Morgan fingerprint density at radius 2 is 2.31 bits per heavy atom. The second kappa shape index (κ2) is 2.99. The van der Waals surface area contributed by atoms with E-state index in [2.05, 4.69) is 0 Å². The summed E-state index contributed by atoms with van der Waals surface area (Å²) in [5, 5.41) is 8.64. The molecular formula is C8H6N2O2S. The van der Waals surface area contributed by atoms with Crippen LogP contribution in [0.25, 0.3) is 11.2 Å². The lowest BCUT2D eigenvalue weighted by atomic mass is 10.2. The van der Waals surface area contributed by atoms with Crippen molar-refractivity contribution in [2.24, 2.45) is 7.05 Å². The zero-order chi connectivity index (χ0) is 9.26. The largest absolute Gasteiger partial charge is 0.381 e. The number of fused-ring (bicyclic) bond motifs is 1. The molecule has 0 saturated heterocycles. The molecule has 0 N–H and O–H groups in total. The van der Waals surface area contributed by atoms with Gasteiger partial charge in [-0.05, 0) is 12.1 Å². The summed E-state index contributed by atoms with van der Waals surface area (Å²) in [6.07, 6.45) is 0. The molecule has 1 aromatic carbocycles. The summed E-state index contributed by atoms with van der Waals surface area (Å²) in [6.45, 7) is 0. The minimum absolute atomic E-state index is 0.558. The van der Waals surface area contributed by atoms with Gasteiger partial charge in [-0.15, -0.1) is 4.13 Å². The second-order valence-corrected chi connectivity index (χ2v) is 3.29. The summed E-state index contributed by atoms with van der Waals surface area (Å²) in [5.74, 6) is 0. The third-order valence-electron chi connectivity index (χ3n) is 1.53. The van der Waals surface area contributed by atoms with Crippen molar-refractivity contribution < 1.29 is 8.37 Å². The summed E-state index contributed by atoms with van der Waals surface area (Å²) in [7, 11) is 1.73. The molecule has 13 heavy (non-hydrogen) atoms. The van der Waals surface area contributed by atoms with Crippen LogP contribution in [0.3, 0.4) is 0 Å². The van der Waals surface area contributed by atoms with Gasteiger partial charge >= 0.3 is 0 Å². The molecule has 4 nitrogen and oxygen atoms in total. The monoisotopic (exact) mass is 194 g/mol. The third kappa shape index (κ3) is 1.44. The van der Waals surface area contributed by atoms with Crippen LogP contribution in [0, 0.1) is 11.3 Å². The predicted molar refractivity (Wildman–Crippen MR) is 47.7 cm³/mol. The Bertz CT molecular complexity index is 507. The zero-order valence-electron chi connectivity index (χ0n) is 6.85. The number of nitrogens with zero attached hydrogens (tertiary/aromatic N) is 2. The van der Waals surface area contributed by atoms with Gasteiger partial charge in [-0.3, -0.25) is 0 Å². The van der Waals surface area contributed by atoms with Crippen LogP contribution in [0.4, 0.5) is 0 Å². The molecule has 2 rings (SSSR count).